The Bertz CT molecular complexity index is 1110. The van der Waals surface area contributed by atoms with Crippen molar-refractivity contribution in [2.45, 2.75) is 11.5 Å². The molecule has 9 nitrogen and oxygen atoms in total. The first-order valence-electron chi connectivity index (χ1n) is 7.30. The van der Waals surface area contributed by atoms with Crippen LogP contribution in [0.4, 0.5) is 5.82 Å². The van der Waals surface area contributed by atoms with Crippen molar-refractivity contribution in [3.8, 4) is 5.75 Å². The maximum atomic E-state index is 12.2. The number of anilines is 1. The number of para-hydroxylation sites is 1. The van der Waals surface area contributed by atoms with Crippen molar-refractivity contribution in [3.63, 3.8) is 0 Å². The molecule has 0 unspecified atom stereocenters. The lowest BCUT2D eigenvalue weighted by molar-refractivity contribution is 0.0459. The summed E-state index contributed by atoms with van der Waals surface area (Å²) in [6.07, 6.45) is 0. The number of carbonyl (C=O) groups excluding carboxylic acids is 1. The van der Waals surface area contributed by atoms with Gasteiger partial charge in [0.05, 0.1) is 10.4 Å². The largest absolute Gasteiger partial charge is 0.507 e. The minimum atomic E-state index is -4.03. The second-order valence-electron chi connectivity index (χ2n) is 5.34. The summed E-state index contributed by atoms with van der Waals surface area (Å²) < 4.78 is 27.8. The summed E-state index contributed by atoms with van der Waals surface area (Å²) in [7, 11) is -4.03. The number of fused-ring (bicyclic) bond motifs is 1. The minimum absolute atomic E-state index is 0.164. The van der Waals surface area contributed by atoms with Gasteiger partial charge in [0.2, 0.25) is 10.0 Å². The average molecular weight is 374 g/mol. The van der Waals surface area contributed by atoms with Crippen LogP contribution in [0.25, 0.3) is 10.9 Å². The molecule has 0 saturated heterocycles. The number of carbonyl (C=O) groups is 1. The minimum Gasteiger partial charge on any atom is -0.507 e. The Labute approximate surface area is 148 Å². The van der Waals surface area contributed by atoms with Crippen LogP contribution in [0.2, 0.25) is 0 Å². The van der Waals surface area contributed by atoms with E-state index in [9.17, 15) is 18.3 Å². The van der Waals surface area contributed by atoms with Crippen LogP contribution in [0.1, 0.15) is 16.2 Å². The molecule has 3 aromatic rings. The number of esters is 1. The van der Waals surface area contributed by atoms with Gasteiger partial charge in [0, 0.05) is 5.39 Å². The van der Waals surface area contributed by atoms with Gasteiger partial charge in [-0.25, -0.2) is 28.3 Å². The molecule has 0 aliphatic rings. The number of nitrogens with zero attached hydrogens (tertiary/aromatic N) is 2. The molecule has 0 aliphatic heterocycles. The monoisotopic (exact) mass is 374 g/mol. The van der Waals surface area contributed by atoms with E-state index in [2.05, 4.69) is 9.97 Å². The molecule has 0 bridgehead atoms. The highest BCUT2D eigenvalue weighted by Crippen LogP contribution is 2.22. The van der Waals surface area contributed by atoms with Crippen molar-refractivity contribution >= 4 is 32.7 Å². The van der Waals surface area contributed by atoms with Gasteiger partial charge >= 0.3 is 5.97 Å². The van der Waals surface area contributed by atoms with Crippen LogP contribution < -0.4 is 10.9 Å². The van der Waals surface area contributed by atoms with Crippen LogP contribution in [0.5, 0.6) is 5.75 Å². The number of aromatic nitrogens is 2. The molecule has 0 saturated carbocycles. The van der Waals surface area contributed by atoms with Crippen LogP contribution in [0.3, 0.4) is 0 Å². The predicted molar refractivity (Wildman–Crippen MR) is 92.5 cm³/mol. The number of aromatic hydroxyl groups is 1. The van der Waals surface area contributed by atoms with Crippen molar-refractivity contribution in [2.75, 3.05) is 5.73 Å². The first-order valence-corrected chi connectivity index (χ1v) is 8.84. The van der Waals surface area contributed by atoms with Gasteiger partial charge in [0.25, 0.3) is 0 Å². The number of nitrogens with two attached hydrogens (primary N) is 2. The number of hydrogen-bond donors (Lipinski definition) is 3. The Hall–Kier alpha value is -3.24. The van der Waals surface area contributed by atoms with Gasteiger partial charge in [-0.05, 0) is 30.3 Å². The molecule has 26 heavy (non-hydrogen) atoms. The van der Waals surface area contributed by atoms with E-state index in [1.54, 1.807) is 24.3 Å². The average Bonchev–Trinajstić information content (AvgIpc) is 2.59. The molecule has 0 atom stereocenters. The van der Waals surface area contributed by atoms with Gasteiger partial charge in [0.15, 0.2) is 12.4 Å². The summed E-state index contributed by atoms with van der Waals surface area (Å²) in [4.78, 5) is 20.1. The molecule has 1 aromatic heterocycles. The van der Waals surface area contributed by atoms with E-state index in [1.165, 1.54) is 0 Å². The second-order valence-corrected chi connectivity index (χ2v) is 6.90. The van der Waals surface area contributed by atoms with Crippen molar-refractivity contribution in [3.05, 3.63) is 53.9 Å². The fourth-order valence-electron chi connectivity index (χ4n) is 2.28. The van der Waals surface area contributed by atoms with Gasteiger partial charge < -0.3 is 15.6 Å². The molecule has 10 heteroatoms. The number of nitrogen functional groups attached to an aromatic ring is 1. The first-order chi connectivity index (χ1) is 12.3. The van der Waals surface area contributed by atoms with Gasteiger partial charge in [-0.1, -0.05) is 12.1 Å². The summed E-state index contributed by atoms with van der Waals surface area (Å²) in [5.74, 6) is -0.998. The molecule has 0 radical (unpaired) electrons. The van der Waals surface area contributed by atoms with E-state index in [-0.39, 0.29) is 28.7 Å². The fraction of sp³-hybridized carbons (Fsp3) is 0.0625. The molecule has 3 rings (SSSR count). The lowest BCUT2D eigenvalue weighted by Crippen LogP contribution is -2.14. The highest BCUT2D eigenvalue weighted by atomic mass is 32.2. The quantitative estimate of drug-likeness (QED) is 0.569. The van der Waals surface area contributed by atoms with E-state index in [0.717, 1.165) is 18.2 Å². The molecule has 0 amide bonds. The summed E-state index contributed by atoms with van der Waals surface area (Å²) in [5.41, 5.74) is 6.10. The number of benzene rings is 2. The summed E-state index contributed by atoms with van der Waals surface area (Å²) in [5, 5.41) is 15.4. The Morgan fingerprint density at radius 2 is 1.88 bits per heavy atom. The molecule has 5 N–H and O–H groups in total. The second kappa shape index (κ2) is 6.58. The third-order valence-electron chi connectivity index (χ3n) is 3.53. The van der Waals surface area contributed by atoms with E-state index in [4.69, 9.17) is 15.6 Å². The zero-order chi connectivity index (χ0) is 18.9. The van der Waals surface area contributed by atoms with Crippen molar-refractivity contribution in [1.29, 1.82) is 0 Å². The molecular weight excluding hydrogens is 360 g/mol. The number of phenolic OH excluding ortho intramolecular Hbond substituents is 1. The Morgan fingerprint density at radius 1 is 1.15 bits per heavy atom. The number of hydrogen-bond acceptors (Lipinski definition) is 8. The summed E-state index contributed by atoms with van der Waals surface area (Å²) >= 11 is 0. The Kier molecular flexibility index (Phi) is 4.45. The maximum Gasteiger partial charge on any atom is 0.342 e. The van der Waals surface area contributed by atoms with E-state index < -0.39 is 21.7 Å². The third kappa shape index (κ3) is 3.55. The van der Waals surface area contributed by atoms with Crippen LogP contribution in [0, 0.1) is 0 Å². The smallest absolute Gasteiger partial charge is 0.342 e. The van der Waals surface area contributed by atoms with E-state index in [0.29, 0.717) is 10.9 Å². The Morgan fingerprint density at radius 3 is 2.62 bits per heavy atom. The molecular formula is C16H14N4O5S. The number of phenols is 1. The zero-order valence-corrected chi connectivity index (χ0v) is 14.1. The molecule has 2 aromatic carbocycles. The van der Waals surface area contributed by atoms with Crippen molar-refractivity contribution < 1.29 is 23.1 Å². The van der Waals surface area contributed by atoms with Crippen molar-refractivity contribution in [2.24, 2.45) is 5.14 Å². The third-order valence-corrected chi connectivity index (χ3v) is 4.44. The standard InChI is InChI=1S/C16H14N4O5S/c17-15-10-3-1-2-4-12(10)19-14(20-15)8-25-16(22)11-7-9(26(18,23)24)5-6-13(11)21/h1-7,21H,8H2,(H2,17,19,20)(H2,18,23,24). The molecule has 0 aliphatic carbocycles. The maximum absolute atomic E-state index is 12.2. The van der Waals surface area contributed by atoms with Crippen LogP contribution in [-0.2, 0) is 21.4 Å². The topological polar surface area (TPSA) is 158 Å². The number of sulfonamides is 1. The number of ether oxygens (including phenoxy) is 1. The highest BCUT2D eigenvalue weighted by Gasteiger charge is 2.18. The lowest BCUT2D eigenvalue weighted by atomic mass is 10.2. The summed E-state index contributed by atoms with van der Waals surface area (Å²) in [6.45, 7) is -0.313. The highest BCUT2D eigenvalue weighted by molar-refractivity contribution is 7.89. The SMILES string of the molecule is Nc1nc(COC(=O)c2cc(S(N)(=O)=O)ccc2O)nc2ccccc12. The Balaban J connectivity index is 1.83. The fourth-order valence-corrected chi connectivity index (χ4v) is 2.82. The predicted octanol–water partition coefficient (Wildman–Crippen LogP) is 0.922. The van der Waals surface area contributed by atoms with E-state index in [1.807, 2.05) is 0 Å². The van der Waals surface area contributed by atoms with Crippen LogP contribution in [-0.4, -0.2) is 29.5 Å². The number of primary sulfonamides is 1. The molecule has 134 valence electrons. The van der Waals surface area contributed by atoms with Crippen LogP contribution >= 0.6 is 0 Å². The van der Waals surface area contributed by atoms with Crippen molar-refractivity contribution in [1.82, 2.24) is 9.97 Å². The van der Waals surface area contributed by atoms with Gasteiger partial charge in [-0.2, -0.15) is 0 Å². The lowest BCUT2D eigenvalue weighted by Gasteiger charge is -2.08. The molecule has 1 heterocycles. The van der Waals surface area contributed by atoms with Crippen LogP contribution in [0.15, 0.2) is 47.4 Å². The molecule has 0 fully saturated rings. The normalized spacial score (nSPS) is 11.4. The van der Waals surface area contributed by atoms with Gasteiger partial charge in [0.1, 0.15) is 17.1 Å². The van der Waals surface area contributed by atoms with Gasteiger partial charge in [-0.3, -0.25) is 0 Å². The molecule has 0 spiro atoms. The summed E-state index contributed by atoms with van der Waals surface area (Å²) in [6, 6.07) is 10.1. The first kappa shape index (κ1) is 17.6. The number of rotatable bonds is 4. The van der Waals surface area contributed by atoms with Gasteiger partial charge in [-0.15, -0.1) is 0 Å². The van der Waals surface area contributed by atoms with E-state index >= 15 is 0 Å². The zero-order valence-electron chi connectivity index (χ0n) is 13.3.